The van der Waals surface area contributed by atoms with Crippen LogP contribution >= 0.6 is 11.8 Å². The van der Waals surface area contributed by atoms with Gasteiger partial charge in [0.1, 0.15) is 5.65 Å². The molecule has 4 aromatic rings. The fourth-order valence-electron chi connectivity index (χ4n) is 2.97. The second kappa shape index (κ2) is 6.80. The fraction of sp³-hybridized carbons (Fsp3) is 0.150. The zero-order valence-electron chi connectivity index (χ0n) is 14.6. The molecule has 5 nitrogen and oxygen atoms in total. The van der Waals surface area contributed by atoms with Gasteiger partial charge in [-0.3, -0.25) is 13.8 Å². The number of nitrogens with zero attached hydrogens (tertiary/aromatic N) is 4. The van der Waals surface area contributed by atoms with Gasteiger partial charge in [-0.15, -0.1) is 0 Å². The molecule has 6 heteroatoms. The van der Waals surface area contributed by atoms with E-state index < -0.39 is 0 Å². The predicted octanol–water partition coefficient (Wildman–Crippen LogP) is 3.79. The van der Waals surface area contributed by atoms with Crippen molar-refractivity contribution >= 4 is 17.4 Å². The Morgan fingerprint density at radius 3 is 2.81 bits per heavy atom. The number of imidazole rings is 1. The summed E-state index contributed by atoms with van der Waals surface area (Å²) in [5.74, 6) is 0.586. The van der Waals surface area contributed by atoms with Crippen LogP contribution in [0.4, 0.5) is 0 Å². The van der Waals surface area contributed by atoms with Crippen LogP contribution in [0.1, 0.15) is 16.8 Å². The molecule has 0 fully saturated rings. The largest absolute Gasteiger partial charge is 0.295 e. The standard InChI is InChI=1S/C20H18N4OS/c1-14-6-7-17(15(2)11-14)23-10-8-21-20(23)26-13-16-12-19(25)24-9-4-3-5-18(24)22-16/h3-12H,13H2,1-2H3. The summed E-state index contributed by atoms with van der Waals surface area (Å²) < 4.78 is 3.62. The van der Waals surface area contributed by atoms with Crippen molar-refractivity contribution < 1.29 is 0 Å². The lowest BCUT2D eigenvalue weighted by molar-refractivity contribution is 0.885. The third-order valence-corrected chi connectivity index (χ3v) is 5.19. The quantitative estimate of drug-likeness (QED) is 0.518. The number of fused-ring (bicyclic) bond motifs is 1. The Morgan fingerprint density at radius 2 is 1.96 bits per heavy atom. The molecule has 0 saturated carbocycles. The van der Waals surface area contributed by atoms with Gasteiger partial charge in [0.15, 0.2) is 5.16 Å². The van der Waals surface area contributed by atoms with Crippen molar-refractivity contribution in [2.24, 2.45) is 0 Å². The highest BCUT2D eigenvalue weighted by Gasteiger charge is 2.10. The molecule has 0 saturated heterocycles. The maximum Gasteiger partial charge on any atom is 0.258 e. The van der Waals surface area contributed by atoms with Crippen LogP contribution in [0.15, 0.2) is 71.0 Å². The lowest BCUT2D eigenvalue weighted by atomic mass is 10.1. The van der Waals surface area contributed by atoms with Crippen molar-refractivity contribution in [1.82, 2.24) is 18.9 Å². The molecule has 0 unspecified atom stereocenters. The topological polar surface area (TPSA) is 52.2 Å². The van der Waals surface area contributed by atoms with Crippen LogP contribution in [0.3, 0.4) is 0 Å². The minimum atomic E-state index is -0.0658. The summed E-state index contributed by atoms with van der Waals surface area (Å²) in [4.78, 5) is 21.3. The molecular formula is C20H18N4OS. The molecule has 3 aromatic heterocycles. The zero-order chi connectivity index (χ0) is 18.1. The molecule has 130 valence electrons. The van der Waals surface area contributed by atoms with Gasteiger partial charge >= 0.3 is 0 Å². The molecular weight excluding hydrogens is 344 g/mol. The molecule has 0 aliphatic carbocycles. The number of hydrogen-bond donors (Lipinski definition) is 0. The molecule has 26 heavy (non-hydrogen) atoms. The minimum absolute atomic E-state index is 0.0658. The maximum atomic E-state index is 12.2. The first-order valence-electron chi connectivity index (χ1n) is 8.33. The lowest BCUT2D eigenvalue weighted by Gasteiger charge is -2.11. The van der Waals surface area contributed by atoms with E-state index in [9.17, 15) is 4.79 Å². The average molecular weight is 362 g/mol. The van der Waals surface area contributed by atoms with Crippen molar-refractivity contribution in [2.45, 2.75) is 24.8 Å². The first-order chi connectivity index (χ1) is 12.6. The smallest absolute Gasteiger partial charge is 0.258 e. The second-order valence-electron chi connectivity index (χ2n) is 6.17. The summed E-state index contributed by atoms with van der Waals surface area (Å²) in [5, 5.41) is 0.881. The molecule has 4 rings (SSSR count). The van der Waals surface area contributed by atoms with Gasteiger partial charge in [-0.2, -0.15) is 0 Å². The Balaban J connectivity index is 1.62. The molecule has 3 heterocycles. The number of benzene rings is 1. The maximum absolute atomic E-state index is 12.2. The third-order valence-electron chi connectivity index (χ3n) is 4.19. The fourth-order valence-corrected chi connectivity index (χ4v) is 3.83. The van der Waals surface area contributed by atoms with Crippen molar-refractivity contribution in [1.29, 1.82) is 0 Å². The zero-order valence-corrected chi connectivity index (χ0v) is 15.4. The Bertz CT molecular complexity index is 1150. The first kappa shape index (κ1) is 16.6. The molecule has 0 aliphatic rings. The molecule has 0 aliphatic heterocycles. The van der Waals surface area contributed by atoms with Gasteiger partial charge in [0.2, 0.25) is 0 Å². The summed E-state index contributed by atoms with van der Waals surface area (Å²) in [6.45, 7) is 4.19. The van der Waals surface area contributed by atoms with Crippen molar-refractivity contribution in [2.75, 3.05) is 0 Å². The van der Waals surface area contributed by atoms with E-state index >= 15 is 0 Å². The van der Waals surface area contributed by atoms with E-state index in [1.807, 2.05) is 24.4 Å². The van der Waals surface area contributed by atoms with Gasteiger partial charge in [-0.05, 0) is 37.6 Å². The van der Waals surface area contributed by atoms with Crippen LogP contribution in [-0.2, 0) is 5.75 Å². The van der Waals surface area contributed by atoms with E-state index in [4.69, 9.17) is 0 Å². The van der Waals surface area contributed by atoms with Crippen molar-refractivity contribution in [3.05, 3.63) is 88.2 Å². The highest BCUT2D eigenvalue weighted by Crippen LogP contribution is 2.25. The molecule has 1 aromatic carbocycles. The Hall–Kier alpha value is -2.86. The van der Waals surface area contributed by atoms with Crippen LogP contribution in [-0.4, -0.2) is 18.9 Å². The molecule has 0 amide bonds. The number of thioether (sulfide) groups is 1. The number of hydrogen-bond acceptors (Lipinski definition) is 4. The highest BCUT2D eigenvalue weighted by atomic mass is 32.2. The van der Waals surface area contributed by atoms with Gasteiger partial charge in [0.25, 0.3) is 5.56 Å². The first-order valence-corrected chi connectivity index (χ1v) is 9.31. The van der Waals surface area contributed by atoms with Gasteiger partial charge in [-0.1, -0.05) is 35.5 Å². The van der Waals surface area contributed by atoms with E-state index in [2.05, 4.69) is 46.6 Å². The molecule has 0 N–H and O–H groups in total. The number of aryl methyl sites for hydroxylation is 2. The average Bonchev–Trinajstić information content (AvgIpc) is 3.08. The Kier molecular flexibility index (Phi) is 4.34. The predicted molar refractivity (Wildman–Crippen MR) is 104 cm³/mol. The van der Waals surface area contributed by atoms with Crippen LogP contribution in [0.2, 0.25) is 0 Å². The van der Waals surface area contributed by atoms with Crippen LogP contribution < -0.4 is 5.56 Å². The number of aromatic nitrogens is 4. The van der Waals surface area contributed by atoms with E-state index in [0.717, 1.165) is 16.5 Å². The number of rotatable bonds is 4. The Labute approximate surface area is 155 Å². The SMILES string of the molecule is Cc1ccc(-n2ccnc2SCc2cc(=O)n3ccccc3n2)c(C)c1. The summed E-state index contributed by atoms with van der Waals surface area (Å²) in [6.07, 6.45) is 5.49. The van der Waals surface area contributed by atoms with Crippen molar-refractivity contribution in [3.8, 4) is 5.69 Å². The Morgan fingerprint density at radius 1 is 1.08 bits per heavy atom. The number of pyridine rings is 1. The van der Waals surface area contributed by atoms with E-state index in [1.165, 1.54) is 11.1 Å². The third kappa shape index (κ3) is 3.15. The second-order valence-corrected chi connectivity index (χ2v) is 7.12. The van der Waals surface area contributed by atoms with Crippen LogP contribution in [0.5, 0.6) is 0 Å². The van der Waals surface area contributed by atoms with Gasteiger partial charge in [-0.25, -0.2) is 9.97 Å². The monoisotopic (exact) mass is 362 g/mol. The van der Waals surface area contributed by atoms with E-state index in [0.29, 0.717) is 11.4 Å². The van der Waals surface area contributed by atoms with Crippen molar-refractivity contribution in [3.63, 3.8) is 0 Å². The normalized spacial score (nSPS) is 11.2. The lowest BCUT2D eigenvalue weighted by Crippen LogP contribution is -2.14. The summed E-state index contributed by atoms with van der Waals surface area (Å²) in [7, 11) is 0. The molecule has 0 bridgehead atoms. The van der Waals surface area contributed by atoms with Crippen LogP contribution in [0, 0.1) is 13.8 Å². The van der Waals surface area contributed by atoms with E-state index in [-0.39, 0.29) is 5.56 Å². The van der Waals surface area contributed by atoms with E-state index in [1.54, 1.807) is 34.6 Å². The minimum Gasteiger partial charge on any atom is -0.295 e. The van der Waals surface area contributed by atoms with Gasteiger partial charge in [0, 0.05) is 30.4 Å². The molecule has 0 radical (unpaired) electrons. The van der Waals surface area contributed by atoms with Gasteiger partial charge < -0.3 is 0 Å². The highest BCUT2D eigenvalue weighted by molar-refractivity contribution is 7.98. The molecule has 0 atom stereocenters. The van der Waals surface area contributed by atoms with Gasteiger partial charge in [0.05, 0.1) is 11.4 Å². The summed E-state index contributed by atoms with van der Waals surface area (Å²) >= 11 is 1.57. The molecule has 0 spiro atoms. The van der Waals surface area contributed by atoms with Crippen LogP contribution in [0.25, 0.3) is 11.3 Å². The summed E-state index contributed by atoms with van der Waals surface area (Å²) in [6, 6.07) is 13.5. The summed E-state index contributed by atoms with van der Waals surface area (Å²) in [5.41, 5.74) is 4.90.